The van der Waals surface area contributed by atoms with Crippen molar-refractivity contribution in [3.8, 4) is 71.5 Å². The molecule has 0 spiro atoms. The Balaban J connectivity index is 2.16. The molecule has 146 valence electrons. The molecule has 0 atom stereocenters. The van der Waals surface area contributed by atoms with E-state index in [9.17, 15) is 10.2 Å². The predicted molar refractivity (Wildman–Crippen MR) is 115 cm³/mol. The van der Waals surface area contributed by atoms with E-state index in [-0.39, 0.29) is 57.0 Å². The third-order valence-corrected chi connectivity index (χ3v) is 4.14. The summed E-state index contributed by atoms with van der Waals surface area (Å²) >= 11 is 0. The molecular formula is C24H16N2O4. The highest BCUT2D eigenvalue weighted by molar-refractivity contribution is 5.70. The van der Waals surface area contributed by atoms with Gasteiger partial charge in [0.2, 0.25) is 0 Å². The van der Waals surface area contributed by atoms with E-state index in [4.69, 9.17) is 40.2 Å². The van der Waals surface area contributed by atoms with Gasteiger partial charge in [-0.3, -0.25) is 0 Å². The molecule has 6 nitrogen and oxygen atoms in total. The Morgan fingerprint density at radius 2 is 1.23 bits per heavy atom. The maximum atomic E-state index is 9.85. The molecule has 0 aliphatic rings. The van der Waals surface area contributed by atoms with E-state index >= 15 is 0 Å². The molecule has 0 aliphatic heterocycles. The Labute approximate surface area is 173 Å². The van der Waals surface area contributed by atoms with Crippen molar-refractivity contribution in [1.82, 2.24) is 0 Å². The van der Waals surface area contributed by atoms with Gasteiger partial charge in [-0.05, 0) is 30.3 Å². The lowest BCUT2D eigenvalue weighted by atomic mass is 10.0. The molecule has 0 aromatic heterocycles. The van der Waals surface area contributed by atoms with Gasteiger partial charge in [0.25, 0.3) is 0 Å². The van der Waals surface area contributed by atoms with E-state index in [0.29, 0.717) is 5.56 Å². The molecule has 0 saturated heterocycles. The van der Waals surface area contributed by atoms with Crippen LogP contribution in [0.5, 0.6) is 34.5 Å². The third-order valence-electron chi connectivity index (χ3n) is 4.14. The van der Waals surface area contributed by atoms with Crippen LogP contribution in [0.15, 0.2) is 42.5 Å². The zero-order valence-electron chi connectivity index (χ0n) is 15.6. The second-order valence-corrected chi connectivity index (χ2v) is 6.08. The van der Waals surface area contributed by atoms with Gasteiger partial charge in [-0.2, -0.15) is 0 Å². The maximum Gasteiger partial charge on any atom is 0.163 e. The summed E-state index contributed by atoms with van der Waals surface area (Å²) in [5.41, 5.74) is 12.4. The molecular weight excluding hydrogens is 380 g/mol. The number of hydrogen-bond donors (Lipinski definition) is 4. The van der Waals surface area contributed by atoms with E-state index < -0.39 is 0 Å². The van der Waals surface area contributed by atoms with Gasteiger partial charge in [0.05, 0.1) is 16.9 Å². The molecule has 3 aromatic carbocycles. The smallest absolute Gasteiger partial charge is 0.163 e. The number of ether oxygens (including phenoxy) is 2. The monoisotopic (exact) mass is 396 g/mol. The highest BCUT2D eigenvalue weighted by Gasteiger charge is 2.20. The molecule has 3 rings (SSSR count). The van der Waals surface area contributed by atoms with Crippen LogP contribution >= 0.6 is 0 Å². The van der Waals surface area contributed by atoms with Crippen molar-refractivity contribution in [3.05, 3.63) is 59.2 Å². The minimum absolute atomic E-state index is 0.106. The maximum absolute atomic E-state index is 9.85. The number of phenols is 2. The van der Waals surface area contributed by atoms with Crippen LogP contribution in [0.25, 0.3) is 0 Å². The lowest BCUT2D eigenvalue weighted by Gasteiger charge is -2.17. The highest BCUT2D eigenvalue weighted by atomic mass is 16.5. The number of phenolic OH excluding ortho intramolecular Hbond substituents is 2. The average molecular weight is 396 g/mol. The minimum atomic E-state index is -0.168. The summed E-state index contributed by atoms with van der Waals surface area (Å²) in [4.78, 5) is 0. The van der Waals surface area contributed by atoms with Crippen LogP contribution in [0.4, 0.5) is 11.4 Å². The topological polar surface area (TPSA) is 111 Å². The predicted octanol–water partition coefficient (Wildman–Crippen LogP) is 3.79. The lowest BCUT2D eigenvalue weighted by Crippen LogP contribution is -2.00. The highest BCUT2D eigenvalue weighted by Crippen LogP contribution is 2.40. The molecule has 0 aliphatic carbocycles. The fourth-order valence-electron chi connectivity index (χ4n) is 2.63. The first-order chi connectivity index (χ1) is 14.4. The van der Waals surface area contributed by atoms with Crippen LogP contribution in [0, 0.1) is 37.0 Å². The quantitative estimate of drug-likeness (QED) is 0.303. The van der Waals surface area contributed by atoms with Gasteiger partial charge in [0.1, 0.15) is 34.3 Å². The molecule has 0 unspecified atom stereocenters. The normalized spacial score (nSPS) is 9.77. The number of nitrogen functional groups attached to an aromatic ring is 2. The largest absolute Gasteiger partial charge is 0.506 e. The van der Waals surface area contributed by atoms with Crippen LogP contribution in [0.3, 0.4) is 0 Å². The zero-order valence-corrected chi connectivity index (χ0v) is 15.6. The van der Waals surface area contributed by atoms with Crippen molar-refractivity contribution in [1.29, 1.82) is 0 Å². The van der Waals surface area contributed by atoms with E-state index in [0.717, 1.165) is 0 Å². The van der Waals surface area contributed by atoms with Gasteiger partial charge in [0.15, 0.2) is 5.75 Å². The Hall–Kier alpha value is -4.86. The molecule has 0 fully saturated rings. The SMILES string of the molecule is C#Cc1cc(Oc2ccc(N)c(O)c2)c(C#C)c(Oc2ccc(N)c(O)c2)c1C#C. The molecule has 30 heavy (non-hydrogen) atoms. The number of rotatable bonds is 4. The fraction of sp³-hybridized carbons (Fsp3) is 0. The number of hydrogen-bond acceptors (Lipinski definition) is 6. The van der Waals surface area contributed by atoms with E-state index in [1.165, 1.54) is 36.4 Å². The molecule has 0 amide bonds. The van der Waals surface area contributed by atoms with Gasteiger partial charge in [-0.15, -0.1) is 19.3 Å². The average Bonchev–Trinajstić information content (AvgIpc) is 2.73. The molecule has 0 bridgehead atoms. The van der Waals surface area contributed by atoms with E-state index in [2.05, 4.69) is 17.8 Å². The van der Waals surface area contributed by atoms with Crippen LogP contribution in [0.1, 0.15) is 16.7 Å². The second kappa shape index (κ2) is 8.02. The summed E-state index contributed by atoms with van der Waals surface area (Å²) in [5.74, 6) is 7.93. The number of benzene rings is 3. The summed E-state index contributed by atoms with van der Waals surface area (Å²) in [6.45, 7) is 0. The van der Waals surface area contributed by atoms with Crippen molar-refractivity contribution in [3.63, 3.8) is 0 Å². The minimum Gasteiger partial charge on any atom is -0.506 e. The van der Waals surface area contributed by atoms with Crippen LogP contribution in [0.2, 0.25) is 0 Å². The summed E-state index contributed by atoms with van der Waals surface area (Å²) in [7, 11) is 0. The molecule has 0 heterocycles. The van der Waals surface area contributed by atoms with Crippen LogP contribution < -0.4 is 20.9 Å². The number of anilines is 2. The van der Waals surface area contributed by atoms with Gasteiger partial charge in [-0.25, -0.2) is 0 Å². The number of terminal acetylenes is 3. The molecule has 0 radical (unpaired) electrons. The van der Waals surface area contributed by atoms with Gasteiger partial charge < -0.3 is 31.2 Å². The first-order valence-electron chi connectivity index (χ1n) is 8.51. The van der Waals surface area contributed by atoms with Gasteiger partial charge in [0, 0.05) is 17.7 Å². The Kier molecular flexibility index (Phi) is 5.32. The van der Waals surface area contributed by atoms with Crippen molar-refractivity contribution < 1.29 is 19.7 Å². The standard InChI is InChI=1S/C24H16N2O4/c1-4-14-11-23(29-15-7-9-19(25)21(27)12-15)18(6-3)24(17(14)5-2)30-16-8-10-20(26)22(28)13-16/h1-3,7-13,27-28H,25-26H2. The Bertz CT molecular complexity index is 1270. The number of aromatic hydroxyl groups is 2. The van der Waals surface area contributed by atoms with Crippen molar-refractivity contribution >= 4 is 11.4 Å². The lowest BCUT2D eigenvalue weighted by molar-refractivity contribution is 0.443. The second-order valence-electron chi connectivity index (χ2n) is 6.08. The molecule has 6 heteroatoms. The molecule has 3 aromatic rings. The van der Waals surface area contributed by atoms with E-state index in [1.54, 1.807) is 6.07 Å². The summed E-state index contributed by atoms with van der Waals surface area (Å²) < 4.78 is 11.7. The third kappa shape index (κ3) is 3.73. The number of nitrogens with two attached hydrogens (primary N) is 2. The molecule has 6 N–H and O–H groups in total. The van der Waals surface area contributed by atoms with E-state index in [1.807, 2.05) is 0 Å². The Morgan fingerprint density at radius 1 is 0.700 bits per heavy atom. The van der Waals surface area contributed by atoms with Crippen molar-refractivity contribution in [2.75, 3.05) is 11.5 Å². The van der Waals surface area contributed by atoms with Crippen molar-refractivity contribution in [2.24, 2.45) is 0 Å². The summed E-state index contributed by atoms with van der Waals surface area (Å²) in [6.07, 6.45) is 17.0. The Morgan fingerprint density at radius 3 is 1.70 bits per heavy atom. The van der Waals surface area contributed by atoms with Crippen LogP contribution in [-0.2, 0) is 0 Å². The van der Waals surface area contributed by atoms with Gasteiger partial charge in [-0.1, -0.05) is 17.8 Å². The molecule has 0 saturated carbocycles. The van der Waals surface area contributed by atoms with Gasteiger partial charge >= 0.3 is 0 Å². The van der Waals surface area contributed by atoms with Crippen molar-refractivity contribution in [2.45, 2.75) is 0 Å². The first kappa shape index (κ1) is 19.9. The first-order valence-corrected chi connectivity index (χ1v) is 8.51. The summed E-state index contributed by atoms with van der Waals surface area (Å²) in [5, 5.41) is 19.7. The zero-order chi connectivity index (χ0) is 21.8. The summed E-state index contributed by atoms with van der Waals surface area (Å²) in [6, 6.07) is 10.2. The fourth-order valence-corrected chi connectivity index (χ4v) is 2.63. The van der Waals surface area contributed by atoms with Crippen LogP contribution in [-0.4, -0.2) is 10.2 Å².